The van der Waals surface area contributed by atoms with Crippen molar-refractivity contribution in [1.82, 2.24) is 0 Å². The molecule has 1 heterocycles. The number of hydrogen-bond donors (Lipinski definition) is 0. The van der Waals surface area contributed by atoms with Crippen molar-refractivity contribution in [3.05, 3.63) is 0 Å². The summed E-state index contributed by atoms with van der Waals surface area (Å²) in [4.78, 5) is 0. The van der Waals surface area contributed by atoms with Gasteiger partial charge in [-0.05, 0) is 0 Å². The molecule has 0 radical (unpaired) electrons. The molecule has 0 unspecified atom stereocenters. The van der Waals surface area contributed by atoms with Gasteiger partial charge in [0, 0.05) is 17.1 Å². The van der Waals surface area contributed by atoms with Crippen LogP contribution in [0.5, 0.6) is 0 Å². The zero-order chi connectivity index (χ0) is 6.04. The summed E-state index contributed by atoms with van der Waals surface area (Å²) in [5.74, 6) is 0. The number of hydrogen-bond acceptors (Lipinski definition) is 1. The number of ether oxygens (including phenoxy) is 1. The van der Waals surface area contributed by atoms with Crippen molar-refractivity contribution in [2.45, 2.75) is 12.0 Å². The molecule has 0 atom stereocenters. The predicted molar refractivity (Wildman–Crippen MR) is 40.9 cm³/mol. The van der Waals surface area contributed by atoms with Crippen LogP contribution in [0.2, 0.25) is 0 Å². The highest BCUT2D eigenvalue weighted by Gasteiger charge is 2.35. The third kappa shape index (κ3) is 1.09. The summed E-state index contributed by atoms with van der Waals surface area (Å²) in [6, 6.07) is 0. The maximum absolute atomic E-state index is 5.32. The minimum absolute atomic E-state index is 0.139. The van der Waals surface area contributed by atoms with Crippen molar-refractivity contribution < 1.29 is 4.74 Å². The van der Waals surface area contributed by atoms with E-state index in [1.165, 1.54) is 6.42 Å². The van der Waals surface area contributed by atoms with E-state index in [0.29, 0.717) is 0 Å². The van der Waals surface area contributed by atoms with Gasteiger partial charge in [-0.3, -0.25) is 0 Å². The maximum atomic E-state index is 5.32. The molecular weight excluding hydrogens is 236 g/mol. The van der Waals surface area contributed by atoms with Crippen LogP contribution < -0.4 is 0 Å². The van der Waals surface area contributed by atoms with E-state index in [4.69, 9.17) is 4.74 Å². The molecule has 0 spiro atoms. The Morgan fingerprint density at radius 2 is 1.88 bits per heavy atom. The van der Waals surface area contributed by atoms with Gasteiger partial charge in [0.05, 0.1) is 12.2 Å². The van der Waals surface area contributed by atoms with Crippen LogP contribution in [0.15, 0.2) is 0 Å². The molecule has 48 valence electrons. The van der Waals surface area contributed by atoms with E-state index in [1.807, 2.05) is 0 Å². The third-order valence-electron chi connectivity index (χ3n) is 1.45. The minimum atomic E-state index is 0.139. The Kier molecular flexibility index (Phi) is 2.35. The highest BCUT2D eigenvalue weighted by molar-refractivity contribution is 9.09. The first-order valence-corrected chi connectivity index (χ1v) is 4.83. The quantitative estimate of drug-likeness (QED) is 0.674. The smallest absolute Gasteiger partial charge is 0.0896 e. The summed E-state index contributed by atoms with van der Waals surface area (Å²) in [5, 5.41) is 1.90. The summed E-state index contributed by atoms with van der Waals surface area (Å²) in [6.07, 6.45) is 1.18. The Hall–Kier alpha value is 0.920. The van der Waals surface area contributed by atoms with Crippen LogP contribution in [0.4, 0.5) is 0 Å². The lowest BCUT2D eigenvalue weighted by Gasteiger charge is -2.38. The summed E-state index contributed by atoms with van der Waals surface area (Å²) in [6.45, 7) is 0.928. The zero-order valence-corrected chi connectivity index (χ0v) is 7.66. The number of halogens is 2. The Morgan fingerprint density at radius 1 is 1.38 bits per heavy atom. The van der Waals surface area contributed by atoms with Crippen LogP contribution in [0.1, 0.15) is 6.42 Å². The molecule has 1 saturated heterocycles. The lowest BCUT2D eigenvalue weighted by molar-refractivity contribution is -0.111. The van der Waals surface area contributed by atoms with Gasteiger partial charge in [-0.1, -0.05) is 31.9 Å². The average Bonchev–Trinajstić information content (AvgIpc) is 1.67. The SMILES string of the molecule is BrCC1(CBr)CCO1. The first-order chi connectivity index (χ1) is 3.83. The molecule has 0 saturated carbocycles. The molecule has 0 amide bonds. The van der Waals surface area contributed by atoms with Crippen LogP contribution >= 0.6 is 31.9 Å². The van der Waals surface area contributed by atoms with E-state index in [0.717, 1.165) is 17.3 Å². The zero-order valence-electron chi connectivity index (χ0n) is 4.49. The second-order valence-electron chi connectivity index (χ2n) is 2.05. The molecule has 1 aliphatic heterocycles. The minimum Gasteiger partial charge on any atom is -0.373 e. The average molecular weight is 244 g/mol. The summed E-state index contributed by atoms with van der Waals surface area (Å²) in [7, 11) is 0. The molecule has 1 nitrogen and oxygen atoms in total. The van der Waals surface area contributed by atoms with Crippen molar-refractivity contribution in [2.75, 3.05) is 17.3 Å². The van der Waals surface area contributed by atoms with Crippen LogP contribution in [0.3, 0.4) is 0 Å². The molecule has 0 aromatic carbocycles. The van der Waals surface area contributed by atoms with Crippen LogP contribution in [-0.2, 0) is 4.74 Å². The molecule has 0 aliphatic carbocycles. The van der Waals surface area contributed by atoms with Gasteiger partial charge >= 0.3 is 0 Å². The predicted octanol–water partition coefficient (Wildman–Crippen LogP) is 1.94. The van der Waals surface area contributed by atoms with Crippen molar-refractivity contribution >= 4 is 31.9 Å². The Balaban J connectivity index is 2.33. The van der Waals surface area contributed by atoms with E-state index in [-0.39, 0.29) is 5.60 Å². The number of rotatable bonds is 2. The van der Waals surface area contributed by atoms with E-state index in [2.05, 4.69) is 31.9 Å². The summed E-state index contributed by atoms with van der Waals surface area (Å²) < 4.78 is 5.32. The van der Waals surface area contributed by atoms with Crippen molar-refractivity contribution in [2.24, 2.45) is 0 Å². The van der Waals surface area contributed by atoms with Crippen molar-refractivity contribution in [3.8, 4) is 0 Å². The Morgan fingerprint density at radius 3 is 1.88 bits per heavy atom. The molecule has 1 rings (SSSR count). The largest absolute Gasteiger partial charge is 0.373 e. The summed E-state index contributed by atoms with van der Waals surface area (Å²) >= 11 is 6.78. The van der Waals surface area contributed by atoms with Gasteiger partial charge in [0.15, 0.2) is 0 Å². The Labute approximate surface area is 66.0 Å². The molecule has 3 heteroatoms. The molecule has 8 heavy (non-hydrogen) atoms. The van der Waals surface area contributed by atoms with Crippen molar-refractivity contribution in [1.29, 1.82) is 0 Å². The van der Waals surface area contributed by atoms with Crippen LogP contribution in [-0.4, -0.2) is 22.9 Å². The maximum Gasteiger partial charge on any atom is 0.0896 e. The lowest BCUT2D eigenvalue weighted by Crippen LogP contribution is -2.46. The fourth-order valence-corrected chi connectivity index (χ4v) is 2.45. The first-order valence-electron chi connectivity index (χ1n) is 2.59. The van der Waals surface area contributed by atoms with Gasteiger partial charge in [-0.2, -0.15) is 0 Å². The first kappa shape index (κ1) is 7.03. The third-order valence-corrected chi connectivity index (χ3v) is 3.50. The fourth-order valence-electron chi connectivity index (χ4n) is 0.637. The molecule has 0 bridgehead atoms. The lowest BCUT2D eigenvalue weighted by atomic mass is 10.0. The van der Waals surface area contributed by atoms with Gasteiger partial charge < -0.3 is 4.74 Å². The molecule has 1 aliphatic rings. The second kappa shape index (κ2) is 2.67. The van der Waals surface area contributed by atoms with Crippen LogP contribution in [0, 0.1) is 0 Å². The molecule has 0 N–H and O–H groups in total. The highest BCUT2D eigenvalue weighted by atomic mass is 79.9. The second-order valence-corrected chi connectivity index (χ2v) is 3.17. The van der Waals surface area contributed by atoms with E-state index >= 15 is 0 Å². The van der Waals surface area contributed by atoms with Gasteiger partial charge in [0.25, 0.3) is 0 Å². The van der Waals surface area contributed by atoms with Gasteiger partial charge in [0.1, 0.15) is 0 Å². The molecule has 0 aromatic rings. The summed E-state index contributed by atoms with van der Waals surface area (Å²) in [5.41, 5.74) is 0.139. The normalized spacial score (nSPS) is 24.8. The molecular formula is C5H8Br2O. The fraction of sp³-hybridized carbons (Fsp3) is 1.00. The highest BCUT2D eigenvalue weighted by Crippen LogP contribution is 2.29. The van der Waals surface area contributed by atoms with Crippen molar-refractivity contribution in [3.63, 3.8) is 0 Å². The molecule has 1 fully saturated rings. The van der Waals surface area contributed by atoms with Gasteiger partial charge in [-0.15, -0.1) is 0 Å². The van der Waals surface area contributed by atoms with Gasteiger partial charge in [0.2, 0.25) is 0 Å². The molecule has 0 aromatic heterocycles. The monoisotopic (exact) mass is 242 g/mol. The van der Waals surface area contributed by atoms with E-state index in [1.54, 1.807) is 0 Å². The topological polar surface area (TPSA) is 9.23 Å². The van der Waals surface area contributed by atoms with E-state index in [9.17, 15) is 0 Å². The van der Waals surface area contributed by atoms with Gasteiger partial charge in [-0.25, -0.2) is 0 Å². The Bertz CT molecular complexity index is 67.0. The van der Waals surface area contributed by atoms with Crippen LogP contribution in [0.25, 0.3) is 0 Å². The number of alkyl halides is 2. The standard InChI is InChI=1S/C5H8Br2O/c6-3-5(4-7)1-2-8-5/h1-4H2. The van der Waals surface area contributed by atoms with E-state index < -0.39 is 0 Å².